The number of ether oxygens (including phenoxy) is 1. The van der Waals surface area contributed by atoms with Gasteiger partial charge in [-0.25, -0.2) is 0 Å². The summed E-state index contributed by atoms with van der Waals surface area (Å²) in [6, 6.07) is 26.9. The number of hydrogen-bond acceptors (Lipinski definition) is 3. The van der Waals surface area contributed by atoms with Crippen LogP contribution in [0.1, 0.15) is 46.0 Å². The van der Waals surface area contributed by atoms with E-state index in [1.54, 1.807) is 0 Å². The Bertz CT molecular complexity index is 1080. The zero-order valence-corrected chi connectivity index (χ0v) is 19.7. The van der Waals surface area contributed by atoms with Gasteiger partial charge in [0.15, 0.2) is 0 Å². The third-order valence-electron chi connectivity index (χ3n) is 6.33. The summed E-state index contributed by atoms with van der Waals surface area (Å²) in [5.41, 5.74) is 2.40. The largest absolute Gasteiger partial charge is 0.491 e. The van der Waals surface area contributed by atoms with Crippen LogP contribution in [0.5, 0.6) is 5.75 Å². The van der Waals surface area contributed by atoms with Crippen LogP contribution in [-0.2, 0) is 6.42 Å². The van der Waals surface area contributed by atoms with Gasteiger partial charge in [-0.3, -0.25) is 9.59 Å². The number of hydrogen-bond donors (Lipinski definition) is 0. The molecule has 1 atom stereocenters. The Labute approximate surface area is 202 Å². The van der Waals surface area contributed by atoms with Gasteiger partial charge in [0, 0.05) is 25.2 Å². The SMILES string of the molecule is CCN1CCCCN(C(=O)c2ccccc2)[C@H](Cc2ccccc2)COc2ccccc2C1=O. The van der Waals surface area contributed by atoms with E-state index in [2.05, 4.69) is 12.1 Å². The van der Waals surface area contributed by atoms with Crippen LogP contribution < -0.4 is 4.74 Å². The highest BCUT2D eigenvalue weighted by Gasteiger charge is 2.27. The lowest BCUT2D eigenvalue weighted by Gasteiger charge is -2.33. The van der Waals surface area contributed by atoms with Gasteiger partial charge in [0.1, 0.15) is 12.4 Å². The van der Waals surface area contributed by atoms with Crippen LogP contribution in [0, 0.1) is 0 Å². The van der Waals surface area contributed by atoms with Gasteiger partial charge in [-0.2, -0.15) is 0 Å². The lowest BCUT2D eigenvalue weighted by atomic mass is 10.0. The second-order valence-corrected chi connectivity index (χ2v) is 8.61. The van der Waals surface area contributed by atoms with Crippen LogP contribution >= 0.6 is 0 Å². The fourth-order valence-electron chi connectivity index (χ4n) is 4.46. The van der Waals surface area contributed by atoms with Gasteiger partial charge in [0.2, 0.25) is 0 Å². The van der Waals surface area contributed by atoms with E-state index in [0.29, 0.717) is 49.5 Å². The molecule has 0 fully saturated rings. The molecule has 176 valence electrons. The number of benzene rings is 3. The minimum Gasteiger partial charge on any atom is -0.491 e. The minimum absolute atomic E-state index is 0.00417. The predicted octanol–water partition coefficient (Wildman–Crippen LogP) is 5.08. The highest BCUT2D eigenvalue weighted by atomic mass is 16.5. The van der Waals surface area contributed by atoms with Gasteiger partial charge in [-0.15, -0.1) is 0 Å². The van der Waals surface area contributed by atoms with Gasteiger partial charge >= 0.3 is 0 Å². The summed E-state index contributed by atoms with van der Waals surface area (Å²) < 4.78 is 6.28. The van der Waals surface area contributed by atoms with E-state index in [1.807, 2.05) is 89.5 Å². The summed E-state index contributed by atoms with van der Waals surface area (Å²) in [5.74, 6) is 0.575. The number of carbonyl (C=O) groups is 2. The maximum Gasteiger partial charge on any atom is 0.257 e. The topological polar surface area (TPSA) is 49.9 Å². The van der Waals surface area contributed by atoms with E-state index in [1.165, 1.54) is 0 Å². The van der Waals surface area contributed by atoms with Gasteiger partial charge in [0.05, 0.1) is 11.6 Å². The lowest BCUT2D eigenvalue weighted by Crippen LogP contribution is -2.46. The van der Waals surface area contributed by atoms with Gasteiger partial charge in [0.25, 0.3) is 11.8 Å². The summed E-state index contributed by atoms with van der Waals surface area (Å²) in [6.45, 7) is 4.21. The van der Waals surface area contributed by atoms with Crippen molar-refractivity contribution in [1.29, 1.82) is 0 Å². The standard InChI is InChI=1S/C29H32N2O3/c1-2-30-19-11-12-20-31(28(32)24-15-7-4-8-16-24)25(21-23-13-5-3-6-14-23)22-34-27-18-10-9-17-26(27)29(30)33/h3-10,13-18,25H,2,11-12,19-22H2,1H3/t25-/m1/s1. The molecule has 0 saturated heterocycles. The molecule has 1 aliphatic heterocycles. The van der Waals surface area contributed by atoms with Crippen LogP contribution in [0.2, 0.25) is 0 Å². The van der Waals surface area contributed by atoms with E-state index in [0.717, 1.165) is 18.4 Å². The summed E-state index contributed by atoms with van der Waals surface area (Å²) in [6.07, 6.45) is 2.32. The van der Waals surface area contributed by atoms with Crippen molar-refractivity contribution in [2.45, 2.75) is 32.2 Å². The Morgan fingerprint density at radius 1 is 0.882 bits per heavy atom. The van der Waals surface area contributed by atoms with Crippen molar-refractivity contribution in [2.75, 3.05) is 26.2 Å². The Balaban J connectivity index is 1.69. The molecule has 0 unspecified atom stereocenters. The molecule has 5 heteroatoms. The van der Waals surface area contributed by atoms with Crippen molar-refractivity contribution in [1.82, 2.24) is 9.80 Å². The molecule has 0 radical (unpaired) electrons. The number of carbonyl (C=O) groups excluding carboxylic acids is 2. The highest BCUT2D eigenvalue weighted by molar-refractivity contribution is 5.97. The molecule has 34 heavy (non-hydrogen) atoms. The molecule has 3 aromatic rings. The first-order valence-corrected chi connectivity index (χ1v) is 12.1. The van der Waals surface area contributed by atoms with Gasteiger partial charge in [-0.05, 0) is 56.0 Å². The van der Waals surface area contributed by atoms with E-state index in [9.17, 15) is 9.59 Å². The first kappa shape index (κ1) is 23.6. The summed E-state index contributed by atoms with van der Waals surface area (Å²) >= 11 is 0. The third kappa shape index (κ3) is 5.66. The smallest absolute Gasteiger partial charge is 0.257 e. The summed E-state index contributed by atoms with van der Waals surface area (Å²) in [5, 5.41) is 0. The average molecular weight is 457 g/mol. The van der Waals surface area contributed by atoms with Crippen LogP contribution in [0.3, 0.4) is 0 Å². The number of nitrogens with zero attached hydrogens (tertiary/aromatic N) is 2. The molecule has 0 aromatic heterocycles. The van der Waals surface area contributed by atoms with Crippen LogP contribution in [-0.4, -0.2) is 53.9 Å². The Hall–Kier alpha value is -3.60. The fourth-order valence-corrected chi connectivity index (χ4v) is 4.46. The molecule has 2 amide bonds. The molecule has 4 rings (SSSR count). The molecular weight excluding hydrogens is 424 g/mol. The molecule has 5 nitrogen and oxygen atoms in total. The molecule has 1 heterocycles. The van der Waals surface area contributed by atoms with Crippen molar-refractivity contribution in [3.8, 4) is 5.75 Å². The first-order valence-electron chi connectivity index (χ1n) is 12.1. The second kappa shape index (κ2) is 11.5. The lowest BCUT2D eigenvalue weighted by molar-refractivity contribution is 0.0586. The molecule has 0 spiro atoms. The zero-order valence-electron chi connectivity index (χ0n) is 19.7. The molecule has 0 N–H and O–H groups in total. The quantitative estimate of drug-likeness (QED) is 0.550. The van der Waals surface area contributed by atoms with Crippen LogP contribution in [0.15, 0.2) is 84.9 Å². The van der Waals surface area contributed by atoms with E-state index in [4.69, 9.17) is 4.74 Å². The van der Waals surface area contributed by atoms with E-state index >= 15 is 0 Å². The highest BCUT2D eigenvalue weighted by Crippen LogP contribution is 2.23. The van der Waals surface area contributed by atoms with Gasteiger partial charge in [-0.1, -0.05) is 60.7 Å². The number of rotatable bonds is 4. The van der Waals surface area contributed by atoms with E-state index < -0.39 is 0 Å². The number of para-hydroxylation sites is 1. The Morgan fingerprint density at radius 2 is 1.53 bits per heavy atom. The third-order valence-corrected chi connectivity index (χ3v) is 6.33. The van der Waals surface area contributed by atoms with E-state index in [-0.39, 0.29) is 17.9 Å². The molecule has 0 aliphatic carbocycles. The van der Waals surface area contributed by atoms with Crippen molar-refractivity contribution in [3.63, 3.8) is 0 Å². The molecule has 3 aromatic carbocycles. The number of amides is 2. The first-order chi connectivity index (χ1) is 16.7. The number of fused-ring (bicyclic) bond motifs is 1. The second-order valence-electron chi connectivity index (χ2n) is 8.61. The zero-order chi connectivity index (χ0) is 23.8. The van der Waals surface area contributed by atoms with Crippen molar-refractivity contribution < 1.29 is 14.3 Å². The average Bonchev–Trinajstić information content (AvgIpc) is 2.89. The van der Waals surface area contributed by atoms with Gasteiger partial charge < -0.3 is 14.5 Å². The molecule has 0 bridgehead atoms. The molecule has 0 saturated carbocycles. The van der Waals surface area contributed by atoms with Crippen LogP contribution in [0.4, 0.5) is 0 Å². The van der Waals surface area contributed by atoms with Crippen LogP contribution in [0.25, 0.3) is 0 Å². The fraction of sp³-hybridized carbons (Fsp3) is 0.310. The minimum atomic E-state index is -0.167. The summed E-state index contributed by atoms with van der Waals surface area (Å²) in [4.78, 5) is 30.7. The molecule has 1 aliphatic rings. The predicted molar refractivity (Wildman–Crippen MR) is 134 cm³/mol. The summed E-state index contributed by atoms with van der Waals surface area (Å²) in [7, 11) is 0. The maximum atomic E-state index is 13.6. The van der Waals surface area contributed by atoms with Crippen molar-refractivity contribution in [3.05, 3.63) is 102 Å². The Morgan fingerprint density at radius 3 is 2.26 bits per heavy atom. The maximum absolute atomic E-state index is 13.6. The monoisotopic (exact) mass is 456 g/mol. The van der Waals surface area contributed by atoms with Crippen molar-refractivity contribution >= 4 is 11.8 Å². The van der Waals surface area contributed by atoms with Crippen molar-refractivity contribution in [2.24, 2.45) is 0 Å². The Kier molecular flexibility index (Phi) is 7.97. The normalized spacial score (nSPS) is 17.2. The molecular formula is C29H32N2O3.